The number of carbonyl (C=O) groups is 3. The second kappa shape index (κ2) is 8.67. The zero-order chi connectivity index (χ0) is 23.7. The van der Waals surface area contributed by atoms with Gasteiger partial charge in [0.1, 0.15) is 18.2 Å². The molecule has 0 aromatic heterocycles. The number of hydrogen-bond acceptors (Lipinski definition) is 4. The van der Waals surface area contributed by atoms with E-state index in [9.17, 15) is 19.5 Å². The number of rotatable bonds is 7. The van der Waals surface area contributed by atoms with Crippen molar-refractivity contribution in [3.8, 4) is 11.1 Å². The summed E-state index contributed by atoms with van der Waals surface area (Å²) in [7, 11) is 0. The van der Waals surface area contributed by atoms with Crippen molar-refractivity contribution in [1.29, 1.82) is 0 Å². The summed E-state index contributed by atoms with van der Waals surface area (Å²) in [6, 6.07) is 23.7. The highest BCUT2D eigenvalue weighted by Gasteiger charge is 2.52. The van der Waals surface area contributed by atoms with Gasteiger partial charge in [-0.2, -0.15) is 0 Å². The van der Waals surface area contributed by atoms with Crippen LogP contribution >= 0.6 is 0 Å². The highest BCUT2D eigenvalue weighted by molar-refractivity contribution is 5.93. The fourth-order valence-corrected chi connectivity index (χ4v) is 4.53. The molecule has 7 heteroatoms. The molecule has 172 valence electrons. The molecule has 2 amide bonds. The third kappa shape index (κ3) is 4.01. The Labute approximate surface area is 196 Å². The lowest BCUT2D eigenvalue weighted by Gasteiger charge is -2.22. The molecule has 0 bridgehead atoms. The quantitative estimate of drug-likeness (QED) is 0.499. The van der Waals surface area contributed by atoms with Gasteiger partial charge in [0.25, 0.3) is 0 Å². The van der Waals surface area contributed by atoms with Gasteiger partial charge >= 0.3 is 12.1 Å². The average Bonchev–Trinajstić information content (AvgIpc) is 3.57. The Hall–Kier alpha value is -4.13. The molecule has 0 aliphatic heterocycles. The molecule has 7 nitrogen and oxygen atoms in total. The van der Waals surface area contributed by atoms with Gasteiger partial charge in [0.2, 0.25) is 5.91 Å². The fraction of sp³-hybridized carbons (Fsp3) is 0.222. The van der Waals surface area contributed by atoms with Gasteiger partial charge in [0.15, 0.2) is 0 Å². The van der Waals surface area contributed by atoms with E-state index in [-0.39, 0.29) is 12.5 Å². The summed E-state index contributed by atoms with van der Waals surface area (Å²) in [5.74, 6) is -1.77. The Morgan fingerprint density at radius 3 is 2.00 bits per heavy atom. The summed E-state index contributed by atoms with van der Waals surface area (Å²) in [6.45, 7) is 0.113. The lowest BCUT2D eigenvalue weighted by Crippen LogP contribution is -2.49. The molecule has 3 aromatic carbocycles. The van der Waals surface area contributed by atoms with E-state index in [1.54, 1.807) is 30.3 Å². The summed E-state index contributed by atoms with van der Waals surface area (Å²) >= 11 is 0. The number of alkyl carbamates (subject to hydrolysis) is 1. The average molecular weight is 456 g/mol. The summed E-state index contributed by atoms with van der Waals surface area (Å²) in [4.78, 5) is 37.3. The Bertz CT molecular complexity index is 1210. The molecule has 1 unspecified atom stereocenters. The molecule has 2 aliphatic carbocycles. The van der Waals surface area contributed by atoms with Crippen LogP contribution in [0.1, 0.15) is 41.5 Å². The van der Waals surface area contributed by atoms with Crippen molar-refractivity contribution in [3.05, 3.63) is 95.6 Å². The van der Waals surface area contributed by atoms with E-state index >= 15 is 0 Å². The maximum Gasteiger partial charge on any atom is 0.408 e. The van der Waals surface area contributed by atoms with Gasteiger partial charge in [-0.15, -0.1) is 0 Å². The minimum Gasteiger partial charge on any atom is -0.480 e. The summed E-state index contributed by atoms with van der Waals surface area (Å²) < 4.78 is 5.59. The van der Waals surface area contributed by atoms with Gasteiger partial charge in [0, 0.05) is 5.92 Å². The van der Waals surface area contributed by atoms with Crippen molar-refractivity contribution in [2.24, 2.45) is 0 Å². The van der Waals surface area contributed by atoms with Crippen LogP contribution in [0, 0.1) is 0 Å². The van der Waals surface area contributed by atoms with E-state index < -0.39 is 29.6 Å². The largest absolute Gasteiger partial charge is 0.480 e. The van der Waals surface area contributed by atoms with E-state index in [1.807, 2.05) is 36.4 Å². The number of carboxylic acid groups (broad SMARTS) is 1. The summed E-state index contributed by atoms with van der Waals surface area (Å²) in [6.07, 6.45) is -0.0211. The molecule has 0 heterocycles. The van der Waals surface area contributed by atoms with Gasteiger partial charge in [-0.05, 0) is 40.7 Å². The monoisotopic (exact) mass is 456 g/mol. The van der Waals surface area contributed by atoms with Crippen LogP contribution in [0.5, 0.6) is 0 Å². The van der Waals surface area contributed by atoms with Gasteiger partial charge in [-0.3, -0.25) is 4.79 Å². The van der Waals surface area contributed by atoms with E-state index in [2.05, 4.69) is 22.8 Å². The topological polar surface area (TPSA) is 105 Å². The lowest BCUT2D eigenvalue weighted by molar-refractivity contribution is -0.143. The van der Waals surface area contributed by atoms with Crippen molar-refractivity contribution < 1.29 is 24.2 Å². The summed E-state index contributed by atoms with van der Waals surface area (Å²) in [5.41, 5.74) is 3.70. The second-order valence-electron chi connectivity index (χ2n) is 8.69. The molecular formula is C27H24N2O5. The number of hydrogen-bond donors (Lipinski definition) is 3. The van der Waals surface area contributed by atoms with E-state index in [0.717, 1.165) is 22.3 Å². The molecule has 3 aromatic rings. The van der Waals surface area contributed by atoms with Crippen LogP contribution in [0.3, 0.4) is 0 Å². The number of ether oxygens (including phenoxy) is 1. The molecule has 1 fully saturated rings. The number of aliphatic carboxylic acids is 1. The molecule has 1 atom stereocenters. The Morgan fingerprint density at radius 1 is 0.882 bits per heavy atom. The molecule has 5 rings (SSSR count). The number of fused-ring (bicyclic) bond motifs is 3. The van der Waals surface area contributed by atoms with Gasteiger partial charge < -0.3 is 20.5 Å². The highest BCUT2D eigenvalue weighted by atomic mass is 16.5. The predicted molar refractivity (Wildman–Crippen MR) is 125 cm³/mol. The molecule has 3 N–H and O–H groups in total. The lowest BCUT2D eigenvalue weighted by atomic mass is 9.98. The van der Waals surface area contributed by atoms with Crippen LogP contribution in [-0.4, -0.2) is 35.2 Å². The van der Waals surface area contributed by atoms with Crippen molar-refractivity contribution in [2.45, 2.75) is 30.3 Å². The van der Waals surface area contributed by atoms with Crippen molar-refractivity contribution in [3.63, 3.8) is 0 Å². The van der Waals surface area contributed by atoms with Crippen molar-refractivity contribution in [1.82, 2.24) is 10.6 Å². The van der Waals surface area contributed by atoms with Crippen LogP contribution in [0.15, 0.2) is 78.9 Å². The van der Waals surface area contributed by atoms with Crippen molar-refractivity contribution >= 4 is 18.0 Å². The zero-order valence-electron chi connectivity index (χ0n) is 18.4. The molecule has 1 saturated carbocycles. The second-order valence-corrected chi connectivity index (χ2v) is 8.69. The molecule has 2 aliphatic rings. The van der Waals surface area contributed by atoms with Crippen LogP contribution in [0.4, 0.5) is 4.79 Å². The standard InChI is InChI=1S/C27H24N2O5/c30-24(29-27(14-15-27)25(31)32)23(17-8-2-1-3-9-17)28-26(33)34-16-22-20-12-6-4-10-18(20)19-11-5-7-13-21(19)22/h1-13,22-23H,14-16H2,(H,28,33)(H,29,30)(H,31,32). The van der Waals surface area contributed by atoms with Gasteiger partial charge in [-0.25, -0.2) is 9.59 Å². The van der Waals surface area contributed by atoms with E-state index in [4.69, 9.17) is 4.74 Å². The molecule has 34 heavy (non-hydrogen) atoms. The normalized spacial score (nSPS) is 16.0. The first-order chi connectivity index (χ1) is 16.5. The first-order valence-electron chi connectivity index (χ1n) is 11.2. The third-order valence-electron chi connectivity index (χ3n) is 6.52. The number of carboxylic acids is 1. The van der Waals surface area contributed by atoms with Crippen LogP contribution in [0.2, 0.25) is 0 Å². The Balaban J connectivity index is 1.31. The van der Waals surface area contributed by atoms with Crippen LogP contribution in [0.25, 0.3) is 11.1 Å². The number of nitrogens with one attached hydrogen (secondary N) is 2. The number of benzene rings is 3. The van der Waals surface area contributed by atoms with E-state index in [0.29, 0.717) is 18.4 Å². The first kappa shape index (κ1) is 21.7. The highest BCUT2D eigenvalue weighted by Crippen LogP contribution is 2.44. The number of carbonyl (C=O) groups excluding carboxylic acids is 2. The smallest absolute Gasteiger partial charge is 0.408 e. The maximum absolute atomic E-state index is 13.0. The molecule has 0 saturated heterocycles. The zero-order valence-corrected chi connectivity index (χ0v) is 18.4. The first-order valence-corrected chi connectivity index (χ1v) is 11.2. The van der Waals surface area contributed by atoms with Crippen LogP contribution < -0.4 is 10.6 Å². The van der Waals surface area contributed by atoms with Gasteiger partial charge in [-0.1, -0.05) is 78.9 Å². The predicted octanol–water partition coefficient (Wildman–Crippen LogP) is 4.00. The molecule has 0 radical (unpaired) electrons. The van der Waals surface area contributed by atoms with Crippen molar-refractivity contribution in [2.75, 3.05) is 6.61 Å². The maximum atomic E-state index is 13.0. The minimum absolute atomic E-state index is 0.108. The van der Waals surface area contributed by atoms with Gasteiger partial charge in [0.05, 0.1) is 0 Å². The fourth-order valence-electron chi connectivity index (χ4n) is 4.53. The molecule has 0 spiro atoms. The Kier molecular flexibility index (Phi) is 5.53. The number of amides is 2. The molecular weight excluding hydrogens is 432 g/mol. The minimum atomic E-state index is -1.26. The third-order valence-corrected chi connectivity index (χ3v) is 6.52. The van der Waals surface area contributed by atoms with E-state index in [1.165, 1.54) is 0 Å². The Morgan fingerprint density at radius 2 is 1.44 bits per heavy atom. The summed E-state index contributed by atoms with van der Waals surface area (Å²) in [5, 5.41) is 14.6. The SMILES string of the molecule is O=C(NC(C(=O)NC1(C(=O)O)CC1)c1ccccc1)OCC1c2ccccc2-c2ccccc21. The van der Waals surface area contributed by atoms with Crippen LogP contribution in [-0.2, 0) is 14.3 Å².